The van der Waals surface area contributed by atoms with Crippen molar-refractivity contribution in [3.8, 4) is 5.75 Å². The molecule has 0 aliphatic carbocycles. The number of hydrogen-bond acceptors (Lipinski definition) is 3. The zero-order valence-electron chi connectivity index (χ0n) is 10.9. The summed E-state index contributed by atoms with van der Waals surface area (Å²) in [5.41, 5.74) is 6.25. The minimum atomic E-state index is -0.628. The van der Waals surface area contributed by atoms with E-state index in [1.165, 1.54) is 0 Å². The molecule has 1 amide bonds. The number of primary amides is 1. The summed E-state index contributed by atoms with van der Waals surface area (Å²) in [6.45, 7) is 6.55. The van der Waals surface area contributed by atoms with Crippen LogP contribution in [0.25, 0.3) is 0 Å². The second-order valence-corrected chi connectivity index (χ2v) is 5.31. The molecule has 1 atom stereocenters. The van der Waals surface area contributed by atoms with E-state index >= 15 is 0 Å². The Morgan fingerprint density at radius 2 is 2.11 bits per heavy atom. The van der Waals surface area contributed by atoms with Crippen molar-refractivity contribution in [2.45, 2.75) is 39.5 Å². The van der Waals surface area contributed by atoms with Crippen molar-refractivity contribution in [2.24, 2.45) is 5.73 Å². The molecule has 0 saturated heterocycles. The Bertz CT molecular complexity index is 421. The van der Waals surface area contributed by atoms with E-state index in [4.69, 9.17) is 10.5 Å². The van der Waals surface area contributed by atoms with E-state index < -0.39 is 12.0 Å². The van der Waals surface area contributed by atoms with Gasteiger partial charge in [-0.15, -0.1) is 0 Å². The number of nitrogens with two attached hydrogens (primary N) is 1. The first kappa shape index (κ1) is 15.0. The standard InChI is InChI=1S/C13H19BrN2O2/c1-8(2)16-7-10-6-11(4-5-12(10)14)18-9(3)13(15)17/h4-6,8-9,16H,7H2,1-3H3,(H2,15,17). The van der Waals surface area contributed by atoms with Crippen LogP contribution >= 0.6 is 15.9 Å². The van der Waals surface area contributed by atoms with Gasteiger partial charge in [0.15, 0.2) is 6.10 Å². The number of rotatable bonds is 6. The summed E-state index contributed by atoms with van der Waals surface area (Å²) in [5.74, 6) is 0.171. The number of halogens is 1. The predicted octanol–water partition coefficient (Wildman–Crippen LogP) is 2.20. The van der Waals surface area contributed by atoms with Gasteiger partial charge < -0.3 is 15.8 Å². The highest BCUT2D eigenvalue weighted by Crippen LogP contribution is 2.23. The van der Waals surface area contributed by atoms with Crippen LogP contribution in [0.3, 0.4) is 0 Å². The van der Waals surface area contributed by atoms with Gasteiger partial charge in [0.05, 0.1) is 0 Å². The summed E-state index contributed by atoms with van der Waals surface area (Å²) in [6.07, 6.45) is -0.628. The lowest BCUT2D eigenvalue weighted by atomic mass is 10.2. The topological polar surface area (TPSA) is 64.3 Å². The number of carbonyl (C=O) groups excluding carboxylic acids is 1. The number of amides is 1. The monoisotopic (exact) mass is 314 g/mol. The highest BCUT2D eigenvalue weighted by molar-refractivity contribution is 9.10. The Balaban J connectivity index is 2.77. The molecule has 0 fully saturated rings. The summed E-state index contributed by atoms with van der Waals surface area (Å²) in [5, 5.41) is 3.33. The molecular weight excluding hydrogens is 296 g/mol. The molecule has 0 aromatic heterocycles. The first-order valence-electron chi connectivity index (χ1n) is 5.88. The molecule has 0 radical (unpaired) electrons. The molecule has 100 valence electrons. The van der Waals surface area contributed by atoms with Crippen LogP contribution in [0, 0.1) is 0 Å². The normalized spacial score (nSPS) is 12.5. The lowest BCUT2D eigenvalue weighted by molar-refractivity contribution is -0.123. The average molecular weight is 315 g/mol. The predicted molar refractivity (Wildman–Crippen MR) is 75.4 cm³/mol. The van der Waals surface area contributed by atoms with Gasteiger partial charge in [0.25, 0.3) is 5.91 Å². The Hall–Kier alpha value is -1.07. The molecule has 3 N–H and O–H groups in total. The van der Waals surface area contributed by atoms with Crippen molar-refractivity contribution in [3.05, 3.63) is 28.2 Å². The third kappa shape index (κ3) is 4.66. The molecule has 5 heteroatoms. The largest absolute Gasteiger partial charge is 0.481 e. The summed E-state index contributed by atoms with van der Waals surface area (Å²) >= 11 is 3.49. The SMILES string of the molecule is CC(C)NCc1cc(OC(C)C(N)=O)ccc1Br. The zero-order chi connectivity index (χ0) is 13.7. The van der Waals surface area contributed by atoms with Crippen molar-refractivity contribution in [2.75, 3.05) is 0 Å². The van der Waals surface area contributed by atoms with Crippen LogP contribution in [0.15, 0.2) is 22.7 Å². The van der Waals surface area contributed by atoms with Gasteiger partial charge in [-0.2, -0.15) is 0 Å². The van der Waals surface area contributed by atoms with Gasteiger partial charge in [-0.05, 0) is 30.7 Å². The zero-order valence-corrected chi connectivity index (χ0v) is 12.5. The third-order valence-corrected chi connectivity index (χ3v) is 3.21. The molecule has 0 aliphatic heterocycles. The van der Waals surface area contributed by atoms with Gasteiger partial charge in [0, 0.05) is 17.1 Å². The van der Waals surface area contributed by atoms with Gasteiger partial charge >= 0.3 is 0 Å². The fourth-order valence-electron chi connectivity index (χ4n) is 1.34. The lowest BCUT2D eigenvalue weighted by Crippen LogP contribution is -2.30. The lowest BCUT2D eigenvalue weighted by Gasteiger charge is -2.14. The molecule has 0 bridgehead atoms. The fraction of sp³-hybridized carbons (Fsp3) is 0.462. The second kappa shape index (κ2) is 6.75. The van der Waals surface area contributed by atoms with Crippen LogP contribution < -0.4 is 15.8 Å². The van der Waals surface area contributed by atoms with Gasteiger partial charge in [-0.1, -0.05) is 29.8 Å². The van der Waals surface area contributed by atoms with Crippen LogP contribution in [0.2, 0.25) is 0 Å². The molecular formula is C13H19BrN2O2. The van der Waals surface area contributed by atoms with E-state index in [1.807, 2.05) is 18.2 Å². The quantitative estimate of drug-likeness (QED) is 0.846. The minimum Gasteiger partial charge on any atom is -0.481 e. The number of benzene rings is 1. The number of hydrogen-bond donors (Lipinski definition) is 2. The Kier molecular flexibility index (Phi) is 5.62. The first-order chi connectivity index (χ1) is 8.40. The molecule has 0 saturated carbocycles. The molecule has 1 aromatic carbocycles. The Morgan fingerprint density at radius 3 is 2.67 bits per heavy atom. The molecule has 1 rings (SSSR count). The van der Waals surface area contributed by atoms with E-state index in [1.54, 1.807) is 6.92 Å². The Morgan fingerprint density at radius 1 is 1.44 bits per heavy atom. The summed E-state index contributed by atoms with van der Waals surface area (Å²) in [4.78, 5) is 10.9. The van der Waals surface area contributed by atoms with E-state index in [0.29, 0.717) is 11.8 Å². The maximum Gasteiger partial charge on any atom is 0.258 e. The van der Waals surface area contributed by atoms with Crippen LogP contribution in [0.1, 0.15) is 26.3 Å². The highest BCUT2D eigenvalue weighted by Gasteiger charge is 2.11. The summed E-state index contributed by atoms with van der Waals surface area (Å²) < 4.78 is 6.46. The molecule has 0 aliphatic rings. The van der Waals surface area contributed by atoms with Crippen molar-refractivity contribution in [1.82, 2.24) is 5.32 Å². The number of carbonyl (C=O) groups is 1. The molecule has 4 nitrogen and oxygen atoms in total. The van der Waals surface area contributed by atoms with Crippen molar-refractivity contribution in [1.29, 1.82) is 0 Å². The van der Waals surface area contributed by atoms with Crippen molar-refractivity contribution >= 4 is 21.8 Å². The number of ether oxygens (including phenoxy) is 1. The maximum atomic E-state index is 10.9. The van der Waals surface area contributed by atoms with Crippen molar-refractivity contribution in [3.63, 3.8) is 0 Å². The van der Waals surface area contributed by atoms with Crippen LogP contribution in [0.4, 0.5) is 0 Å². The van der Waals surface area contributed by atoms with Crippen LogP contribution in [-0.2, 0) is 11.3 Å². The van der Waals surface area contributed by atoms with E-state index in [2.05, 4.69) is 35.1 Å². The fourth-order valence-corrected chi connectivity index (χ4v) is 1.72. The highest BCUT2D eigenvalue weighted by atomic mass is 79.9. The molecule has 0 spiro atoms. The van der Waals surface area contributed by atoms with Crippen LogP contribution in [-0.4, -0.2) is 18.1 Å². The molecule has 18 heavy (non-hydrogen) atoms. The van der Waals surface area contributed by atoms with Gasteiger partial charge in [0.2, 0.25) is 0 Å². The molecule has 1 aromatic rings. The average Bonchev–Trinajstić information content (AvgIpc) is 2.29. The van der Waals surface area contributed by atoms with Crippen molar-refractivity contribution < 1.29 is 9.53 Å². The van der Waals surface area contributed by atoms with Gasteiger partial charge in [-0.3, -0.25) is 4.79 Å². The van der Waals surface area contributed by atoms with Gasteiger partial charge in [-0.25, -0.2) is 0 Å². The molecule has 1 unspecified atom stereocenters. The summed E-state index contributed by atoms with van der Waals surface area (Å²) in [6, 6.07) is 6.02. The first-order valence-corrected chi connectivity index (χ1v) is 6.67. The second-order valence-electron chi connectivity index (χ2n) is 4.45. The van der Waals surface area contributed by atoms with E-state index in [9.17, 15) is 4.79 Å². The van der Waals surface area contributed by atoms with Crippen LogP contribution in [0.5, 0.6) is 5.75 Å². The number of nitrogens with one attached hydrogen (secondary N) is 1. The Labute approximate surface area is 116 Å². The minimum absolute atomic E-state index is 0.408. The van der Waals surface area contributed by atoms with Gasteiger partial charge in [0.1, 0.15) is 5.75 Å². The molecule has 0 heterocycles. The van der Waals surface area contributed by atoms with E-state index in [0.717, 1.165) is 16.6 Å². The maximum absolute atomic E-state index is 10.9. The van der Waals surface area contributed by atoms with E-state index in [-0.39, 0.29) is 0 Å². The summed E-state index contributed by atoms with van der Waals surface area (Å²) in [7, 11) is 0. The smallest absolute Gasteiger partial charge is 0.258 e. The third-order valence-electron chi connectivity index (χ3n) is 2.43.